The Hall–Kier alpha value is 0.0500. The van der Waals surface area contributed by atoms with Crippen LogP contribution in [0.4, 0.5) is 0 Å². The van der Waals surface area contributed by atoms with E-state index in [-0.39, 0.29) is 5.75 Å². The van der Waals surface area contributed by atoms with Crippen LogP contribution in [0.15, 0.2) is 15.9 Å². The minimum absolute atomic E-state index is 0.0933. The summed E-state index contributed by atoms with van der Waals surface area (Å²) in [6, 6.07) is 3.79. The number of hydrogen-bond acceptors (Lipinski definition) is 4. The molecule has 3 N–H and O–H groups in total. The standard InChI is InChI=1S/C8H13BrN2O2S2/c9-8-3-2-7(14-8)6-11-15(12,13)5-1-4-10/h2-3,11H,1,4-6,10H2. The van der Waals surface area contributed by atoms with Gasteiger partial charge in [-0.05, 0) is 41.0 Å². The van der Waals surface area contributed by atoms with Crippen molar-refractivity contribution in [3.8, 4) is 0 Å². The summed E-state index contributed by atoms with van der Waals surface area (Å²) in [5.74, 6) is 0.0933. The molecule has 86 valence electrons. The normalized spacial score (nSPS) is 11.9. The number of nitrogens with two attached hydrogens (primary N) is 1. The Labute approximate surface area is 102 Å². The zero-order valence-corrected chi connectivity index (χ0v) is 11.3. The van der Waals surface area contributed by atoms with Crippen molar-refractivity contribution in [3.05, 3.63) is 20.8 Å². The summed E-state index contributed by atoms with van der Waals surface area (Å²) in [6.07, 6.45) is 0.490. The molecule has 0 aliphatic carbocycles. The molecule has 1 aromatic rings. The topological polar surface area (TPSA) is 72.2 Å². The summed E-state index contributed by atoms with van der Waals surface area (Å²) >= 11 is 4.84. The van der Waals surface area contributed by atoms with Gasteiger partial charge in [0.25, 0.3) is 0 Å². The molecule has 0 aliphatic heterocycles. The average molecular weight is 313 g/mol. The highest BCUT2D eigenvalue weighted by Gasteiger charge is 2.09. The van der Waals surface area contributed by atoms with Crippen molar-refractivity contribution in [2.24, 2.45) is 5.73 Å². The van der Waals surface area contributed by atoms with Gasteiger partial charge in [0, 0.05) is 11.4 Å². The van der Waals surface area contributed by atoms with E-state index in [1.165, 1.54) is 11.3 Å². The minimum Gasteiger partial charge on any atom is -0.330 e. The van der Waals surface area contributed by atoms with Gasteiger partial charge in [-0.1, -0.05) is 0 Å². The molecule has 7 heteroatoms. The molecule has 0 saturated heterocycles. The summed E-state index contributed by atoms with van der Waals surface area (Å²) in [4.78, 5) is 0.984. The lowest BCUT2D eigenvalue weighted by Crippen LogP contribution is -2.26. The number of hydrogen-bond donors (Lipinski definition) is 2. The summed E-state index contributed by atoms with van der Waals surface area (Å²) in [5, 5.41) is 0. The van der Waals surface area contributed by atoms with Crippen molar-refractivity contribution in [1.29, 1.82) is 0 Å². The number of halogens is 1. The van der Waals surface area contributed by atoms with E-state index >= 15 is 0 Å². The van der Waals surface area contributed by atoms with Crippen LogP contribution in [-0.2, 0) is 16.6 Å². The van der Waals surface area contributed by atoms with E-state index in [4.69, 9.17) is 5.73 Å². The van der Waals surface area contributed by atoms with Crippen LogP contribution in [0.1, 0.15) is 11.3 Å². The van der Waals surface area contributed by atoms with Gasteiger partial charge in [0.05, 0.1) is 9.54 Å². The maximum absolute atomic E-state index is 11.4. The van der Waals surface area contributed by atoms with Crippen molar-refractivity contribution in [1.82, 2.24) is 4.72 Å². The Morgan fingerprint density at radius 1 is 1.47 bits per heavy atom. The van der Waals surface area contributed by atoms with E-state index in [1.54, 1.807) is 0 Å². The van der Waals surface area contributed by atoms with Gasteiger partial charge < -0.3 is 5.73 Å². The van der Waals surface area contributed by atoms with E-state index in [0.29, 0.717) is 19.5 Å². The maximum atomic E-state index is 11.4. The SMILES string of the molecule is NCCCS(=O)(=O)NCc1ccc(Br)s1. The third-order valence-corrected chi connectivity index (χ3v) is 4.75. The van der Waals surface area contributed by atoms with Crippen molar-refractivity contribution >= 4 is 37.3 Å². The molecule has 0 radical (unpaired) electrons. The largest absolute Gasteiger partial charge is 0.330 e. The second kappa shape index (κ2) is 5.95. The van der Waals surface area contributed by atoms with Crippen LogP contribution in [0.25, 0.3) is 0 Å². The van der Waals surface area contributed by atoms with Crippen LogP contribution in [0.2, 0.25) is 0 Å². The Bertz CT molecular complexity index is 403. The van der Waals surface area contributed by atoms with E-state index in [1.807, 2.05) is 12.1 Å². The predicted molar refractivity (Wildman–Crippen MR) is 66.3 cm³/mol. The maximum Gasteiger partial charge on any atom is 0.211 e. The Balaban J connectivity index is 2.42. The highest BCUT2D eigenvalue weighted by atomic mass is 79.9. The molecule has 0 aromatic carbocycles. The molecule has 0 amide bonds. The van der Waals surface area contributed by atoms with Crippen molar-refractivity contribution in [3.63, 3.8) is 0 Å². The van der Waals surface area contributed by atoms with Crippen molar-refractivity contribution in [2.45, 2.75) is 13.0 Å². The smallest absolute Gasteiger partial charge is 0.211 e. The molecular weight excluding hydrogens is 300 g/mol. The first-order valence-corrected chi connectivity index (χ1v) is 7.71. The third-order valence-electron chi connectivity index (χ3n) is 1.71. The van der Waals surface area contributed by atoms with Gasteiger partial charge in [-0.25, -0.2) is 13.1 Å². The highest BCUT2D eigenvalue weighted by molar-refractivity contribution is 9.11. The van der Waals surface area contributed by atoms with Crippen molar-refractivity contribution in [2.75, 3.05) is 12.3 Å². The van der Waals surface area contributed by atoms with Gasteiger partial charge >= 0.3 is 0 Å². The summed E-state index contributed by atoms with van der Waals surface area (Å²) in [5.41, 5.74) is 5.25. The highest BCUT2D eigenvalue weighted by Crippen LogP contribution is 2.21. The quantitative estimate of drug-likeness (QED) is 0.831. The molecule has 15 heavy (non-hydrogen) atoms. The van der Waals surface area contributed by atoms with Gasteiger partial charge in [0.2, 0.25) is 10.0 Å². The number of sulfonamides is 1. The molecule has 0 spiro atoms. The van der Waals surface area contributed by atoms with Crippen LogP contribution >= 0.6 is 27.3 Å². The van der Waals surface area contributed by atoms with Gasteiger partial charge in [-0.15, -0.1) is 11.3 Å². The number of rotatable bonds is 6. The molecule has 1 rings (SSSR count). The summed E-state index contributed by atoms with van der Waals surface area (Å²) in [6.45, 7) is 0.745. The molecule has 0 atom stereocenters. The van der Waals surface area contributed by atoms with E-state index in [0.717, 1.165) is 8.66 Å². The van der Waals surface area contributed by atoms with Gasteiger partial charge in [0.15, 0.2) is 0 Å². The molecule has 0 saturated carbocycles. The van der Waals surface area contributed by atoms with E-state index in [9.17, 15) is 8.42 Å². The van der Waals surface area contributed by atoms with Gasteiger partial charge in [-0.2, -0.15) is 0 Å². The monoisotopic (exact) mass is 312 g/mol. The molecule has 1 heterocycles. The summed E-state index contributed by atoms with van der Waals surface area (Å²) in [7, 11) is -3.17. The first-order chi connectivity index (χ1) is 7.03. The molecule has 4 nitrogen and oxygen atoms in total. The zero-order chi connectivity index (χ0) is 11.3. The van der Waals surface area contributed by atoms with Gasteiger partial charge in [0.1, 0.15) is 0 Å². The Morgan fingerprint density at radius 2 is 2.20 bits per heavy atom. The van der Waals surface area contributed by atoms with E-state index < -0.39 is 10.0 Å². The molecule has 0 aliphatic rings. The number of nitrogens with one attached hydrogen (secondary N) is 1. The van der Waals surface area contributed by atoms with Crippen LogP contribution < -0.4 is 10.5 Å². The lowest BCUT2D eigenvalue weighted by molar-refractivity contribution is 0.579. The first-order valence-electron chi connectivity index (χ1n) is 4.45. The molecular formula is C8H13BrN2O2S2. The minimum atomic E-state index is -3.17. The Morgan fingerprint density at radius 3 is 2.73 bits per heavy atom. The third kappa shape index (κ3) is 5.07. The zero-order valence-electron chi connectivity index (χ0n) is 8.07. The molecule has 0 fully saturated rings. The molecule has 1 aromatic heterocycles. The predicted octanol–water partition coefficient (Wildman–Crippen LogP) is 1.28. The van der Waals surface area contributed by atoms with E-state index in [2.05, 4.69) is 20.7 Å². The molecule has 0 unspecified atom stereocenters. The fraction of sp³-hybridized carbons (Fsp3) is 0.500. The van der Waals surface area contributed by atoms with Crippen molar-refractivity contribution < 1.29 is 8.42 Å². The fourth-order valence-electron chi connectivity index (χ4n) is 0.973. The molecule has 0 bridgehead atoms. The average Bonchev–Trinajstić information content (AvgIpc) is 2.59. The fourth-order valence-corrected chi connectivity index (χ4v) is 3.55. The van der Waals surface area contributed by atoms with Gasteiger partial charge in [-0.3, -0.25) is 0 Å². The first kappa shape index (κ1) is 13.1. The lowest BCUT2D eigenvalue weighted by atomic mass is 10.5. The second-order valence-corrected chi connectivity index (χ2v) is 7.46. The van der Waals surface area contributed by atoms with Crippen LogP contribution in [0, 0.1) is 0 Å². The summed E-state index contributed by atoms with van der Waals surface area (Å²) < 4.78 is 26.3. The second-order valence-electron chi connectivity index (χ2n) is 2.99. The van der Waals surface area contributed by atoms with Crippen LogP contribution in [-0.4, -0.2) is 20.7 Å². The van der Waals surface area contributed by atoms with Crippen LogP contribution in [0.3, 0.4) is 0 Å². The number of thiophene rings is 1. The Kier molecular flexibility index (Phi) is 5.20. The lowest BCUT2D eigenvalue weighted by Gasteiger charge is -2.03. The van der Waals surface area contributed by atoms with Crippen LogP contribution in [0.5, 0.6) is 0 Å².